The van der Waals surface area contributed by atoms with E-state index in [-0.39, 0.29) is 23.8 Å². The van der Waals surface area contributed by atoms with Crippen molar-refractivity contribution in [2.24, 2.45) is 0 Å². The third-order valence-electron chi connectivity index (χ3n) is 3.31. The maximum absolute atomic E-state index is 12.0. The van der Waals surface area contributed by atoms with E-state index in [9.17, 15) is 9.59 Å². The molecule has 0 aromatic heterocycles. The Morgan fingerprint density at radius 3 is 2.14 bits per heavy atom. The Balaban J connectivity index is 2.64. The van der Waals surface area contributed by atoms with Crippen molar-refractivity contribution in [2.45, 2.75) is 46.5 Å². The Morgan fingerprint density at radius 1 is 1.14 bits per heavy atom. The van der Waals surface area contributed by atoms with Crippen molar-refractivity contribution in [2.75, 3.05) is 18.4 Å². The van der Waals surface area contributed by atoms with E-state index in [1.165, 1.54) is 12.5 Å². The molecular weight excluding hydrogens is 264 g/mol. The van der Waals surface area contributed by atoms with E-state index in [1.54, 1.807) is 4.90 Å². The second kappa shape index (κ2) is 7.25. The van der Waals surface area contributed by atoms with Crippen molar-refractivity contribution in [1.82, 2.24) is 4.90 Å². The zero-order chi connectivity index (χ0) is 16.0. The molecule has 1 rings (SSSR count). The summed E-state index contributed by atoms with van der Waals surface area (Å²) in [7, 11) is 0. The molecule has 0 aliphatic heterocycles. The Bertz CT molecular complexity index is 487. The van der Waals surface area contributed by atoms with Gasteiger partial charge in [-0.3, -0.25) is 9.59 Å². The maximum atomic E-state index is 12.0. The summed E-state index contributed by atoms with van der Waals surface area (Å²) in [5, 5.41) is 2.83. The van der Waals surface area contributed by atoms with Crippen molar-refractivity contribution in [3.63, 3.8) is 0 Å². The number of hydrogen-bond acceptors (Lipinski definition) is 2. The molecule has 4 heteroatoms. The van der Waals surface area contributed by atoms with Gasteiger partial charge in [0, 0.05) is 19.2 Å². The molecule has 0 atom stereocenters. The predicted octanol–water partition coefficient (Wildman–Crippen LogP) is 3.18. The van der Waals surface area contributed by atoms with Gasteiger partial charge in [-0.15, -0.1) is 0 Å². The fourth-order valence-corrected chi connectivity index (χ4v) is 2.05. The lowest BCUT2D eigenvalue weighted by Gasteiger charge is -2.21. The zero-order valence-electron chi connectivity index (χ0n) is 13.7. The quantitative estimate of drug-likeness (QED) is 0.905. The molecule has 1 aromatic carbocycles. The molecule has 0 heterocycles. The Kier molecular flexibility index (Phi) is 5.94. The highest BCUT2D eigenvalue weighted by molar-refractivity contribution is 5.94. The van der Waals surface area contributed by atoms with E-state index in [0.717, 1.165) is 12.1 Å². The number of nitrogens with one attached hydrogen (secondary N) is 1. The fraction of sp³-hybridized carbons (Fsp3) is 0.529. The Morgan fingerprint density at radius 2 is 1.71 bits per heavy atom. The minimum atomic E-state index is -0.165. The number of hydrogen-bond donors (Lipinski definition) is 1. The molecule has 116 valence electrons. The molecule has 0 saturated carbocycles. The van der Waals surface area contributed by atoms with Gasteiger partial charge in [0.05, 0.1) is 6.54 Å². The summed E-state index contributed by atoms with van der Waals surface area (Å²) < 4.78 is 0. The number of rotatable bonds is 5. The normalized spacial score (nSPS) is 11.1. The summed E-state index contributed by atoms with van der Waals surface area (Å²) in [4.78, 5) is 25.0. The number of nitrogens with zero attached hydrogens (tertiary/aromatic N) is 1. The minimum absolute atomic E-state index is 0.0740. The highest BCUT2D eigenvalue weighted by Crippen LogP contribution is 2.23. The van der Waals surface area contributed by atoms with Gasteiger partial charge in [0.15, 0.2) is 0 Å². The van der Waals surface area contributed by atoms with Gasteiger partial charge in [-0.2, -0.15) is 0 Å². The van der Waals surface area contributed by atoms with Gasteiger partial charge in [0.2, 0.25) is 11.8 Å². The molecule has 0 aliphatic carbocycles. The van der Waals surface area contributed by atoms with Crippen molar-refractivity contribution >= 4 is 17.5 Å². The van der Waals surface area contributed by atoms with Gasteiger partial charge >= 0.3 is 0 Å². The molecule has 0 fully saturated rings. The van der Waals surface area contributed by atoms with Crippen molar-refractivity contribution < 1.29 is 9.59 Å². The second-order valence-electron chi connectivity index (χ2n) is 6.32. The number of anilines is 1. The average Bonchev–Trinajstić information content (AvgIpc) is 2.37. The monoisotopic (exact) mass is 290 g/mol. The SMILES string of the molecule is CCCN(CC(=O)Nc1ccc(C(C)(C)C)cc1)C(C)=O. The molecule has 1 aromatic rings. The molecule has 4 nitrogen and oxygen atoms in total. The molecule has 0 saturated heterocycles. The second-order valence-corrected chi connectivity index (χ2v) is 6.32. The first kappa shape index (κ1) is 17.2. The van der Waals surface area contributed by atoms with E-state index in [4.69, 9.17) is 0 Å². The van der Waals surface area contributed by atoms with Gasteiger partial charge in [-0.25, -0.2) is 0 Å². The van der Waals surface area contributed by atoms with Crippen molar-refractivity contribution in [3.05, 3.63) is 29.8 Å². The van der Waals surface area contributed by atoms with E-state index >= 15 is 0 Å². The van der Waals surface area contributed by atoms with E-state index in [1.807, 2.05) is 31.2 Å². The zero-order valence-corrected chi connectivity index (χ0v) is 13.7. The summed E-state index contributed by atoms with van der Waals surface area (Å²) in [6, 6.07) is 7.83. The van der Waals surface area contributed by atoms with Crippen LogP contribution in [0.4, 0.5) is 5.69 Å². The standard InChI is InChI=1S/C17H26N2O2/c1-6-11-19(13(2)20)12-16(21)18-15-9-7-14(8-10-15)17(3,4)5/h7-10H,6,11-12H2,1-5H3,(H,18,21). The molecule has 1 N–H and O–H groups in total. The first-order valence-corrected chi connectivity index (χ1v) is 7.40. The topological polar surface area (TPSA) is 49.4 Å². The smallest absolute Gasteiger partial charge is 0.243 e. The summed E-state index contributed by atoms with van der Waals surface area (Å²) in [6.07, 6.45) is 0.840. The maximum Gasteiger partial charge on any atom is 0.243 e. The Hall–Kier alpha value is -1.84. The largest absolute Gasteiger partial charge is 0.334 e. The van der Waals surface area contributed by atoms with E-state index in [0.29, 0.717) is 6.54 Å². The first-order chi connectivity index (χ1) is 9.74. The van der Waals surface area contributed by atoms with Crippen LogP contribution in [0.2, 0.25) is 0 Å². The van der Waals surface area contributed by atoms with Gasteiger partial charge in [-0.05, 0) is 29.5 Å². The highest BCUT2D eigenvalue weighted by Gasteiger charge is 2.15. The lowest BCUT2D eigenvalue weighted by molar-refractivity contribution is -0.132. The van der Waals surface area contributed by atoms with Crippen LogP contribution in [0.3, 0.4) is 0 Å². The van der Waals surface area contributed by atoms with E-state index < -0.39 is 0 Å². The molecule has 21 heavy (non-hydrogen) atoms. The van der Waals surface area contributed by atoms with Gasteiger partial charge in [0.1, 0.15) is 0 Å². The first-order valence-electron chi connectivity index (χ1n) is 7.40. The number of benzene rings is 1. The van der Waals surface area contributed by atoms with Crippen LogP contribution in [-0.4, -0.2) is 29.8 Å². The van der Waals surface area contributed by atoms with Gasteiger partial charge < -0.3 is 10.2 Å². The third kappa shape index (κ3) is 5.58. The fourth-order valence-electron chi connectivity index (χ4n) is 2.05. The van der Waals surface area contributed by atoms with Crippen LogP contribution in [0.5, 0.6) is 0 Å². The van der Waals surface area contributed by atoms with Crippen LogP contribution in [0.15, 0.2) is 24.3 Å². The molecule has 0 bridgehead atoms. The van der Waals surface area contributed by atoms with Crippen LogP contribution < -0.4 is 5.32 Å². The summed E-state index contributed by atoms with van der Waals surface area (Å²) in [6.45, 7) is 10.6. The van der Waals surface area contributed by atoms with Gasteiger partial charge in [0.25, 0.3) is 0 Å². The summed E-state index contributed by atoms with van der Waals surface area (Å²) >= 11 is 0. The summed E-state index contributed by atoms with van der Waals surface area (Å²) in [5.74, 6) is -0.239. The molecule has 2 amide bonds. The van der Waals surface area contributed by atoms with Crippen molar-refractivity contribution in [3.8, 4) is 0 Å². The predicted molar refractivity (Wildman–Crippen MR) is 86.3 cm³/mol. The average molecular weight is 290 g/mol. The van der Waals surface area contributed by atoms with Crippen LogP contribution in [-0.2, 0) is 15.0 Å². The molecule has 0 aliphatic rings. The molecule has 0 radical (unpaired) electrons. The third-order valence-corrected chi connectivity index (χ3v) is 3.31. The van der Waals surface area contributed by atoms with Crippen LogP contribution in [0.25, 0.3) is 0 Å². The van der Waals surface area contributed by atoms with Crippen LogP contribution >= 0.6 is 0 Å². The van der Waals surface area contributed by atoms with Crippen LogP contribution in [0, 0.1) is 0 Å². The molecular formula is C17H26N2O2. The summed E-state index contributed by atoms with van der Waals surface area (Å²) in [5.41, 5.74) is 2.07. The number of carbonyl (C=O) groups is 2. The van der Waals surface area contributed by atoms with Gasteiger partial charge in [-0.1, -0.05) is 39.8 Å². The van der Waals surface area contributed by atoms with E-state index in [2.05, 4.69) is 26.1 Å². The lowest BCUT2D eigenvalue weighted by Crippen LogP contribution is -2.37. The Labute approximate surface area is 127 Å². The van der Waals surface area contributed by atoms with Crippen LogP contribution in [0.1, 0.15) is 46.6 Å². The molecule has 0 unspecified atom stereocenters. The molecule has 0 spiro atoms. The number of amides is 2. The lowest BCUT2D eigenvalue weighted by atomic mass is 9.87. The minimum Gasteiger partial charge on any atom is -0.334 e. The number of carbonyl (C=O) groups excluding carboxylic acids is 2. The van der Waals surface area contributed by atoms with Crippen molar-refractivity contribution in [1.29, 1.82) is 0 Å². The highest BCUT2D eigenvalue weighted by atomic mass is 16.2.